The highest BCUT2D eigenvalue weighted by molar-refractivity contribution is 5.95. The van der Waals surface area contributed by atoms with Crippen LogP contribution in [-0.4, -0.2) is 37.5 Å². The molecule has 3 heteroatoms. The Kier molecular flexibility index (Phi) is 5.60. The summed E-state index contributed by atoms with van der Waals surface area (Å²) in [5, 5.41) is 3.15. The highest BCUT2D eigenvalue weighted by atomic mass is 16.2. The van der Waals surface area contributed by atoms with E-state index in [9.17, 15) is 4.79 Å². The molecule has 1 heterocycles. The van der Waals surface area contributed by atoms with E-state index < -0.39 is 0 Å². The molecule has 110 valence electrons. The third-order valence-corrected chi connectivity index (χ3v) is 4.37. The van der Waals surface area contributed by atoms with Gasteiger partial charge in [0.25, 0.3) is 5.91 Å². The number of piperidine rings is 1. The van der Waals surface area contributed by atoms with Crippen molar-refractivity contribution >= 4 is 5.91 Å². The minimum atomic E-state index is 0.214. The van der Waals surface area contributed by atoms with Crippen molar-refractivity contribution < 1.29 is 4.79 Å². The monoisotopic (exact) mass is 274 g/mol. The zero-order chi connectivity index (χ0) is 14.4. The van der Waals surface area contributed by atoms with Crippen LogP contribution in [0.5, 0.6) is 0 Å². The zero-order valence-corrected chi connectivity index (χ0v) is 12.7. The number of amides is 1. The summed E-state index contributed by atoms with van der Waals surface area (Å²) in [6.45, 7) is 4.98. The molecule has 0 radical (unpaired) electrons. The minimum Gasteiger partial charge on any atom is -0.339 e. The number of benzene rings is 1. The van der Waals surface area contributed by atoms with Crippen LogP contribution >= 0.6 is 0 Å². The summed E-state index contributed by atoms with van der Waals surface area (Å²) in [7, 11) is 1.94. The van der Waals surface area contributed by atoms with Crippen LogP contribution in [0.1, 0.15) is 42.1 Å². The third kappa shape index (κ3) is 3.60. The maximum Gasteiger partial charge on any atom is 0.254 e. The standard InChI is InChI=1S/C17H26N2O/c1-3-14-9-12-19(13-10-14)17(20)16-7-5-4-6-15(16)8-11-18-2/h4-7,14,18H,3,8-13H2,1-2H3. The Morgan fingerprint density at radius 1 is 1.30 bits per heavy atom. The summed E-state index contributed by atoms with van der Waals surface area (Å²) in [4.78, 5) is 14.7. The molecule has 0 aromatic heterocycles. The van der Waals surface area contributed by atoms with E-state index in [1.54, 1.807) is 0 Å². The number of hydrogen-bond acceptors (Lipinski definition) is 2. The van der Waals surface area contributed by atoms with Crippen molar-refractivity contribution in [1.29, 1.82) is 0 Å². The number of rotatable bonds is 5. The SMILES string of the molecule is CCC1CCN(C(=O)c2ccccc2CCNC)CC1. The van der Waals surface area contributed by atoms with E-state index in [-0.39, 0.29) is 5.91 Å². The van der Waals surface area contributed by atoms with Gasteiger partial charge in [-0.25, -0.2) is 0 Å². The lowest BCUT2D eigenvalue weighted by atomic mass is 9.93. The van der Waals surface area contributed by atoms with Gasteiger partial charge in [0.1, 0.15) is 0 Å². The molecule has 0 bridgehead atoms. The molecule has 1 saturated heterocycles. The van der Waals surface area contributed by atoms with Gasteiger partial charge in [-0.05, 0) is 50.4 Å². The molecule has 0 spiro atoms. The Morgan fingerprint density at radius 2 is 2.00 bits per heavy atom. The van der Waals surface area contributed by atoms with Crippen molar-refractivity contribution in [3.63, 3.8) is 0 Å². The smallest absolute Gasteiger partial charge is 0.254 e. The van der Waals surface area contributed by atoms with Crippen molar-refractivity contribution in [2.75, 3.05) is 26.7 Å². The molecule has 1 aromatic carbocycles. The lowest BCUT2D eigenvalue weighted by molar-refractivity contribution is 0.0687. The van der Waals surface area contributed by atoms with Gasteiger partial charge in [-0.3, -0.25) is 4.79 Å². The molecule has 0 aliphatic carbocycles. The van der Waals surface area contributed by atoms with Crippen molar-refractivity contribution in [1.82, 2.24) is 10.2 Å². The summed E-state index contributed by atoms with van der Waals surface area (Å²) in [5.41, 5.74) is 2.04. The topological polar surface area (TPSA) is 32.3 Å². The van der Waals surface area contributed by atoms with E-state index in [4.69, 9.17) is 0 Å². The van der Waals surface area contributed by atoms with Crippen molar-refractivity contribution in [3.05, 3.63) is 35.4 Å². The highest BCUT2D eigenvalue weighted by Crippen LogP contribution is 2.22. The highest BCUT2D eigenvalue weighted by Gasteiger charge is 2.23. The molecular formula is C17H26N2O. The van der Waals surface area contributed by atoms with Crippen LogP contribution in [0, 0.1) is 5.92 Å². The van der Waals surface area contributed by atoms with Gasteiger partial charge < -0.3 is 10.2 Å². The van der Waals surface area contributed by atoms with Crippen molar-refractivity contribution in [2.24, 2.45) is 5.92 Å². The fourth-order valence-corrected chi connectivity index (χ4v) is 2.92. The van der Waals surface area contributed by atoms with Gasteiger partial charge in [0.15, 0.2) is 0 Å². The van der Waals surface area contributed by atoms with Crippen LogP contribution in [0.3, 0.4) is 0 Å². The van der Waals surface area contributed by atoms with E-state index in [1.807, 2.05) is 30.1 Å². The van der Waals surface area contributed by atoms with Gasteiger partial charge in [-0.1, -0.05) is 31.5 Å². The Bertz CT molecular complexity index is 436. The van der Waals surface area contributed by atoms with Crippen molar-refractivity contribution in [3.8, 4) is 0 Å². The molecule has 1 aliphatic rings. The lowest BCUT2D eigenvalue weighted by Crippen LogP contribution is -2.38. The Balaban J connectivity index is 2.05. The summed E-state index contributed by atoms with van der Waals surface area (Å²) < 4.78 is 0. The van der Waals surface area contributed by atoms with Gasteiger partial charge in [0, 0.05) is 18.7 Å². The molecule has 0 saturated carbocycles. The predicted molar refractivity (Wildman–Crippen MR) is 83.0 cm³/mol. The Labute approximate surface area is 122 Å². The summed E-state index contributed by atoms with van der Waals surface area (Å²) >= 11 is 0. The van der Waals surface area contributed by atoms with E-state index in [1.165, 1.54) is 6.42 Å². The maximum absolute atomic E-state index is 12.7. The molecule has 1 fully saturated rings. The largest absolute Gasteiger partial charge is 0.339 e. The summed E-state index contributed by atoms with van der Waals surface area (Å²) in [6, 6.07) is 8.03. The number of likely N-dealkylation sites (N-methyl/N-ethyl adjacent to an activating group) is 1. The van der Waals surface area contributed by atoms with Gasteiger partial charge >= 0.3 is 0 Å². The van der Waals surface area contributed by atoms with E-state index in [0.29, 0.717) is 0 Å². The average Bonchev–Trinajstić information content (AvgIpc) is 2.52. The number of nitrogens with zero attached hydrogens (tertiary/aromatic N) is 1. The normalized spacial score (nSPS) is 16.4. The molecular weight excluding hydrogens is 248 g/mol. The lowest BCUT2D eigenvalue weighted by Gasteiger charge is -2.32. The van der Waals surface area contributed by atoms with E-state index in [0.717, 1.165) is 55.9 Å². The van der Waals surface area contributed by atoms with Crippen molar-refractivity contribution in [2.45, 2.75) is 32.6 Å². The zero-order valence-electron chi connectivity index (χ0n) is 12.7. The first kappa shape index (κ1) is 15.0. The fraction of sp³-hybridized carbons (Fsp3) is 0.588. The maximum atomic E-state index is 12.7. The summed E-state index contributed by atoms with van der Waals surface area (Å²) in [5.74, 6) is 1.02. The molecule has 20 heavy (non-hydrogen) atoms. The fourth-order valence-electron chi connectivity index (χ4n) is 2.92. The van der Waals surface area contributed by atoms with Crippen LogP contribution in [0.15, 0.2) is 24.3 Å². The molecule has 1 N–H and O–H groups in total. The quantitative estimate of drug-likeness (QED) is 0.895. The number of likely N-dealkylation sites (tertiary alicyclic amines) is 1. The summed E-state index contributed by atoms with van der Waals surface area (Å²) in [6.07, 6.45) is 4.45. The molecule has 3 nitrogen and oxygen atoms in total. The van der Waals surface area contributed by atoms with Crippen LogP contribution in [0.25, 0.3) is 0 Å². The van der Waals surface area contributed by atoms with Gasteiger partial charge in [0.2, 0.25) is 0 Å². The van der Waals surface area contributed by atoms with Crippen LogP contribution in [-0.2, 0) is 6.42 Å². The first-order valence-corrected chi connectivity index (χ1v) is 7.78. The second-order valence-electron chi connectivity index (χ2n) is 5.65. The second kappa shape index (κ2) is 7.44. The molecule has 1 aliphatic heterocycles. The van der Waals surface area contributed by atoms with E-state index in [2.05, 4.69) is 18.3 Å². The van der Waals surface area contributed by atoms with Crippen LogP contribution in [0.4, 0.5) is 0 Å². The first-order valence-electron chi connectivity index (χ1n) is 7.78. The molecule has 1 aromatic rings. The third-order valence-electron chi connectivity index (χ3n) is 4.37. The minimum absolute atomic E-state index is 0.214. The van der Waals surface area contributed by atoms with Gasteiger partial charge in [-0.2, -0.15) is 0 Å². The number of carbonyl (C=O) groups is 1. The van der Waals surface area contributed by atoms with Gasteiger partial charge in [0.05, 0.1) is 0 Å². The van der Waals surface area contributed by atoms with Crippen LogP contribution < -0.4 is 5.32 Å². The van der Waals surface area contributed by atoms with Gasteiger partial charge in [-0.15, -0.1) is 0 Å². The first-order chi connectivity index (χ1) is 9.76. The number of hydrogen-bond donors (Lipinski definition) is 1. The van der Waals surface area contributed by atoms with Crippen LogP contribution in [0.2, 0.25) is 0 Å². The van der Waals surface area contributed by atoms with E-state index >= 15 is 0 Å². The number of carbonyl (C=O) groups excluding carboxylic acids is 1. The Morgan fingerprint density at radius 3 is 2.65 bits per heavy atom. The molecule has 0 atom stereocenters. The molecule has 1 amide bonds. The average molecular weight is 274 g/mol. The molecule has 0 unspecified atom stereocenters. The number of nitrogens with one attached hydrogen (secondary N) is 1. The predicted octanol–water partition coefficient (Wildman–Crippen LogP) is 2.71. The second-order valence-corrected chi connectivity index (χ2v) is 5.65. The Hall–Kier alpha value is -1.35. The molecule has 2 rings (SSSR count).